The van der Waals surface area contributed by atoms with Gasteiger partial charge in [-0.1, -0.05) is 0 Å². The molecule has 0 bridgehead atoms. The molecular weight excluding hydrogens is 128 g/mol. The third kappa shape index (κ3) is 2.29. The van der Waals surface area contributed by atoms with Crippen LogP contribution in [0.3, 0.4) is 0 Å². The molecule has 1 aliphatic heterocycles. The molecule has 0 fully saturated rings. The molecule has 0 aromatic carbocycles. The molecule has 1 aliphatic rings. The number of allylic oxidation sites excluding steroid dienone is 1. The second-order valence-electron chi connectivity index (χ2n) is 2.41. The highest BCUT2D eigenvalue weighted by Gasteiger charge is 2.07. The summed E-state index contributed by atoms with van der Waals surface area (Å²) in [4.78, 5) is 0. The summed E-state index contributed by atoms with van der Waals surface area (Å²) >= 11 is 0. The van der Waals surface area contributed by atoms with Gasteiger partial charge in [-0.2, -0.15) is 0 Å². The van der Waals surface area contributed by atoms with Crippen LogP contribution < -0.4 is 5.73 Å². The molecule has 3 heteroatoms. The molecule has 0 saturated heterocycles. The average molecular weight is 141 g/mol. The molecule has 0 aromatic heterocycles. The zero-order chi connectivity index (χ0) is 7.40. The number of β-amino-alcohol motifs (C(OH)–C–C–N with tert-alkyl or cyclic N) is 1. The van der Waals surface area contributed by atoms with Crippen LogP contribution >= 0.6 is 0 Å². The Balaban J connectivity index is 2.40. The van der Waals surface area contributed by atoms with Crippen LogP contribution in [0.1, 0.15) is 12.8 Å². The molecule has 3 N–H and O–H groups in total. The minimum Gasteiger partial charge on any atom is -0.372 e. The number of rotatable bonds is 2. The van der Waals surface area contributed by atoms with E-state index >= 15 is 0 Å². The molecule has 0 spiro atoms. The Morgan fingerprint density at radius 2 is 2.40 bits per heavy atom. The summed E-state index contributed by atoms with van der Waals surface area (Å²) in [5, 5.41) is 8.79. The van der Waals surface area contributed by atoms with Gasteiger partial charge in [-0.15, -0.1) is 0 Å². The summed E-state index contributed by atoms with van der Waals surface area (Å²) in [6.45, 7) is 0.497. The van der Waals surface area contributed by atoms with Crippen molar-refractivity contribution in [2.45, 2.75) is 19.1 Å². The van der Waals surface area contributed by atoms with Crippen molar-refractivity contribution in [2.24, 2.45) is 5.73 Å². The van der Waals surface area contributed by atoms with Crippen LogP contribution in [0.4, 0.5) is 0 Å². The smallest absolute Gasteiger partial charge is 0.186 e. The van der Waals surface area contributed by atoms with Crippen LogP contribution in [0.2, 0.25) is 0 Å². The second-order valence-corrected chi connectivity index (χ2v) is 2.41. The molecule has 1 rings (SSSR count). The van der Waals surface area contributed by atoms with Crippen molar-refractivity contribution in [3.8, 4) is 0 Å². The fourth-order valence-electron chi connectivity index (χ4n) is 0.959. The van der Waals surface area contributed by atoms with E-state index in [-0.39, 0.29) is 0 Å². The Morgan fingerprint density at radius 3 is 2.90 bits per heavy atom. The van der Waals surface area contributed by atoms with E-state index < -0.39 is 6.23 Å². The van der Waals surface area contributed by atoms with Gasteiger partial charge in [0.25, 0.3) is 0 Å². The fraction of sp³-hybridized carbons (Fsp3) is 0.571. The van der Waals surface area contributed by atoms with Crippen molar-refractivity contribution in [3.05, 3.63) is 12.3 Å². The number of nitrogens with zero attached hydrogens (tertiary/aromatic N) is 1. The van der Waals surface area contributed by atoms with Crippen molar-refractivity contribution < 1.29 is 9.68 Å². The number of aliphatic hydroxyl groups is 1. The van der Waals surface area contributed by atoms with Crippen molar-refractivity contribution in [1.82, 2.24) is 0 Å². The first kappa shape index (κ1) is 7.44. The molecule has 3 nitrogen and oxygen atoms in total. The zero-order valence-corrected chi connectivity index (χ0v) is 5.90. The number of aliphatic hydroxyl groups excluding tert-OH is 1. The summed E-state index contributed by atoms with van der Waals surface area (Å²) in [5.41, 5.74) is 5.18. The van der Waals surface area contributed by atoms with Gasteiger partial charge in [-0.3, -0.25) is 0 Å². The molecule has 1 unspecified atom stereocenters. The summed E-state index contributed by atoms with van der Waals surface area (Å²) in [7, 11) is 0. The van der Waals surface area contributed by atoms with Crippen molar-refractivity contribution in [2.75, 3.05) is 6.54 Å². The number of hydrogen-bond acceptors (Lipinski definition) is 2. The van der Waals surface area contributed by atoms with Gasteiger partial charge in [-0.25, -0.2) is 4.58 Å². The molecule has 10 heavy (non-hydrogen) atoms. The summed E-state index contributed by atoms with van der Waals surface area (Å²) in [6.07, 6.45) is 7.46. The molecule has 0 radical (unpaired) electrons. The van der Waals surface area contributed by atoms with E-state index in [1.807, 2.05) is 17.0 Å². The Labute approximate surface area is 60.5 Å². The third-order valence-electron chi connectivity index (χ3n) is 1.39. The first-order chi connectivity index (χ1) is 4.79. The van der Waals surface area contributed by atoms with Gasteiger partial charge < -0.3 is 10.8 Å². The maximum Gasteiger partial charge on any atom is 0.186 e. The predicted octanol–water partition coefficient (Wildman–Crippen LogP) is -0.346. The van der Waals surface area contributed by atoms with Gasteiger partial charge in [0.1, 0.15) is 6.21 Å². The lowest BCUT2D eigenvalue weighted by atomic mass is 10.3. The Morgan fingerprint density at radius 1 is 1.60 bits per heavy atom. The van der Waals surface area contributed by atoms with Crippen LogP contribution in [0.5, 0.6) is 0 Å². The molecule has 0 aliphatic carbocycles. The lowest BCUT2D eigenvalue weighted by molar-refractivity contribution is -0.466. The lowest BCUT2D eigenvalue weighted by Crippen LogP contribution is -2.30. The van der Waals surface area contributed by atoms with Crippen LogP contribution in [0.25, 0.3) is 0 Å². The van der Waals surface area contributed by atoms with Crippen molar-refractivity contribution >= 4 is 6.21 Å². The predicted molar refractivity (Wildman–Crippen MR) is 39.8 cm³/mol. The van der Waals surface area contributed by atoms with Gasteiger partial charge in [0.2, 0.25) is 0 Å². The standard InChI is InChI=1S/C7H13N2O/c8-7(10)6-9-4-2-1-3-5-9/h2,4-5,7,10H,1,3,6,8H2/q+1. The van der Waals surface area contributed by atoms with Crippen LogP contribution in [0.15, 0.2) is 12.3 Å². The third-order valence-corrected chi connectivity index (χ3v) is 1.39. The second kappa shape index (κ2) is 3.49. The molecule has 1 heterocycles. The normalized spacial score (nSPS) is 20.4. The van der Waals surface area contributed by atoms with Crippen LogP contribution in [-0.2, 0) is 0 Å². The maximum atomic E-state index is 8.79. The van der Waals surface area contributed by atoms with E-state index in [4.69, 9.17) is 10.8 Å². The summed E-state index contributed by atoms with van der Waals surface area (Å²) in [6, 6.07) is 0. The topological polar surface area (TPSA) is 49.3 Å². The van der Waals surface area contributed by atoms with E-state index in [0.29, 0.717) is 6.54 Å². The van der Waals surface area contributed by atoms with Crippen molar-refractivity contribution in [1.29, 1.82) is 0 Å². The van der Waals surface area contributed by atoms with E-state index in [9.17, 15) is 0 Å². The average Bonchev–Trinajstić information content (AvgIpc) is 1.88. The number of nitrogens with two attached hydrogens (primary N) is 1. The summed E-state index contributed by atoms with van der Waals surface area (Å²) < 4.78 is 1.91. The van der Waals surface area contributed by atoms with E-state index in [1.54, 1.807) is 0 Å². The minimum atomic E-state index is -0.737. The van der Waals surface area contributed by atoms with Gasteiger partial charge >= 0.3 is 0 Å². The quantitative estimate of drug-likeness (QED) is 0.408. The summed E-state index contributed by atoms with van der Waals surface area (Å²) in [5.74, 6) is 0. The molecule has 0 saturated carbocycles. The van der Waals surface area contributed by atoms with Gasteiger partial charge in [0.05, 0.1) is 0 Å². The van der Waals surface area contributed by atoms with Gasteiger partial charge in [-0.05, 0) is 12.5 Å². The van der Waals surface area contributed by atoms with E-state index in [0.717, 1.165) is 12.8 Å². The van der Waals surface area contributed by atoms with Crippen LogP contribution in [-0.4, -0.2) is 28.7 Å². The first-order valence-corrected chi connectivity index (χ1v) is 3.48. The molecular formula is C7H13N2O+. The Kier molecular flexibility index (Phi) is 2.59. The largest absolute Gasteiger partial charge is 0.372 e. The molecule has 1 atom stereocenters. The molecule has 0 amide bonds. The SMILES string of the molecule is NC(O)C[N+]1=CCCC=C1. The minimum absolute atomic E-state index is 0.497. The first-order valence-electron chi connectivity index (χ1n) is 3.48. The Hall–Kier alpha value is -0.670. The highest BCUT2D eigenvalue weighted by atomic mass is 16.3. The highest BCUT2D eigenvalue weighted by Crippen LogP contribution is 1.95. The molecule has 0 aromatic rings. The number of hydrogen-bond donors (Lipinski definition) is 2. The Bertz CT molecular complexity index is 161. The highest BCUT2D eigenvalue weighted by molar-refractivity contribution is 5.52. The maximum absolute atomic E-state index is 8.79. The van der Waals surface area contributed by atoms with Crippen LogP contribution in [0, 0.1) is 0 Å². The zero-order valence-electron chi connectivity index (χ0n) is 5.90. The fourth-order valence-corrected chi connectivity index (χ4v) is 0.959. The van der Waals surface area contributed by atoms with E-state index in [1.165, 1.54) is 0 Å². The van der Waals surface area contributed by atoms with Crippen molar-refractivity contribution in [3.63, 3.8) is 0 Å². The van der Waals surface area contributed by atoms with E-state index in [2.05, 4.69) is 6.08 Å². The lowest BCUT2D eigenvalue weighted by Gasteiger charge is -2.02. The van der Waals surface area contributed by atoms with Gasteiger partial charge in [0, 0.05) is 6.42 Å². The molecule has 56 valence electrons. The monoisotopic (exact) mass is 141 g/mol. The van der Waals surface area contributed by atoms with Gasteiger partial charge in [0.15, 0.2) is 19.0 Å².